The Kier molecular flexibility index (Phi) is 2.23. The molecule has 4 nitrogen and oxygen atoms in total. The smallest absolute Gasteiger partial charge is 0.141 e. The molecule has 0 saturated carbocycles. The average Bonchev–Trinajstić information content (AvgIpc) is 2.66. The molecule has 0 spiro atoms. The highest BCUT2D eigenvalue weighted by molar-refractivity contribution is 5.81. The Morgan fingerprint density at radius 2 is 1.67 bits per heavy atom. The van der Waals surface area contributed by atoms with Crippen LogP contribution in [0, 0.1) is 0 Å². The minimum absolute atomic E-state index is 0.650. The normalized spacial score (nSPS) is 10.9. The highest BCUT2D eigenvalue weighted by Gasteiger charge is 2.10. The van der Waals surface area contributed by atoms with Crippen LogP contribution in [-0.2, 0) is 7.05 Å². The Labute approximate surface area is 105 Å². The van der Waals surface area contributed by atoms with E-state index in [1.54, 1.807) is 6.07 Å². The predicted octanol–water partition coefficient (Wildman–Crippen LogP) is 2.40. The standard InChI is InChI=1S/C14H14N4/c1-18-13-5-3-2-4-12(13)17-14(18)9-6-10(15)8-11(16)7-9/h2-8H,15-16H2,1H3. The maximum absolute atomic E-state index is 5.82. The molecule has 3 aromatic rings. The van der Waals surface area contributed by atoms with Crippen LogP contribution in [-0.4, -0.2) is 9.55 Å². The van der Waals surface area contributed by atoms with Gasteiger partial charge in [0.2, 0.25) is 0 Å². The number of aryl methyl sites for hydroxylation is 1. The Balaban J connectivity index is 2.28. The third-order valence-electron chi connectivity index (χ3n) is 3.02. The zero-order valence-electron chi connectivity index (χ0n) is 10.1. The molecular formula is C14H14N4. The van der Waals surface area contributed by atoms with Crippen LogP contribution >= 0.6 is 0 Å². The molecule has 0 aliphatic heterocycles. The molecule has 0 bridgehead atoms. The average molecular weight is 238 g/mol. The lowest BCUT2D eigenvalue weighted by atomic mass is 10.1. The summed E-state index contributed by atoms with van der Waals surface area (Å²) in [5, 5.41) is 0. The van der Waals surface area contributed by atoms with Crippen LogP contribution in [0.25, 0.3) is 22.4 Å². The molecule has 4 heteroatoms. The Hall–Kier alpha value is -2.49. The van der Waals surface area contributed by atoms with E-state index in [0.29, 0.717) is 11.4 Å². The van der Waals surface area contributed by atoms with Crippen LogP contribution in [0.1, 0.15) is 0 Å². The maximum Gasteiger partial charge on any atom is 0.141 e. The van der Waals surface area contributed by atoms with Gasteiger partial charge in [-0.15, -0.1) is 0 Å². The van der Waals surface area contributed by atoms with E-state index in [1.807, 2.05) is 48.0 Å². The van der Waals surface area contributed by atoms with Crippen LogP contribution in [0.3, 0.4) is 0 Å². The van der Waals surface area contributed by atoms with Crippen molar-refractivity contribution in [3.8, 4) is 11.4 Å². The third kappa shape index (κ3) is 1.59. The van der Waals surface area contributed by atoms with Crippen LogP contribution in [0.4, 0.5) is 11.4 Å². The van der Waals surface area contributed by atoms with E-state index in [0.717, 1.165) is 22.4 Å². The first-order chi connectivity index (χ1) is 8.65. The molecule has 0 amide bonds. The van der Waals surface area contributed by atoms with Crippen molar-refractivity contribution in [2.75, 3.05) is 11.5 Å². The van der Waals surface area contributed by atoms with Crippen molar-refractivity contribution in [1.29, 1.82) is 0 Å². The molecule has 0 unspecified atom stereocenters. The van der Waals surface area contributed by atoms with Crippen molar-refractivity contribution in [1.82, 2.24) is 9.55 Å². The molecule has 4 N–H and O–H groups in total. The summed E-state index contributed by atoms with van der Waals surface area (Å²) in [6.45, 7) is 0. The van der Waals surface area contributed by atoms with E-state index in [1.165, 1.54) is 0 Å². The molecule has 1 aromatic heterocycles. The monoisotopic (exact) mass is 238 g/mol. The zero-order valence-corrected chi connectivity index (χ0v) is 10.1. The highest BCUT2D eigenvalue weighted by atomic mass is 15.1. The summed E-state index contributed by atoms with van der Waals surface area (Å²) in [5.74, 6) is 0.871. The molecule has 90 valence electrons. The lowest BCUT2D eigenvalue weighted by molar-refractivity contribution is 0.959. The van der Waals surface area contributed by atoms with Gasteiger partial charge in [-0.3, -0.25) is 0 Å². The number of hydrogen-bond donors (Lipinski definition) is 2. The summed E-state index contributed by atoms with van der Waals surface area (Å²) in [4.78, 5) is 4.62. The molecule has 0 fully saturated rings. The van der Waals surface area contributed by atoms with Crippen LogP contribution in [0.2, 0.25) is 0 Å². The second kappa shape index (κ2) is 3.77. The van der Waals surface area contributed by atoms with E-state index < -0.39 is 0 Å². The summed E-state index contributed by atoms with van der Waals surface area (Å²) < 4.78 is 2.05. The molecule has 2 aromatic carbocycles. The van der Waals surface area contributed by atoms with Gasteiger partial charge in [-0.1, -0.05) is 12.1 Å². The van der Waals surface area contributed by atoms with Crippen molar-refractivity contribution in [3.63, 3.8) is 0 Å². The fraction of sp³-hybridized carbons (Fsp3) is 0.0714. The van der Waals surface area contributed by atoms with Crippen molar-refractivity contribution < 1.29 is 0 Å². The van der Waals surface area contributed by atoms with Gasteiger partial charge >= 0.3 is 0 Å². The molecule has 0 atom stereocenters. The van der Waals surface area contributed by atoms with E-state index in [9.17, 15) is 0 Å². The lowest BCUT2D eigenvalue weighted by Gasteiger charge is -2.05. The molecule has 3 rings (SSSR count). The number of nitrogens with zero attached hydrogens (tertiary/aromatic N) is 2. The number of benzene rings is 2. The first-order valence-corrected chi connectivity index (χ1v) is 5.73. The fourth-order valence-electron chi connectivity index (χ4n) is 2.21. The van der Waals surface area contributed by atoms with Crippen molar-refractivity contribution in [2.45, 2.75) is 0 Å². The summed E-state index contributed by atoms with van der Waals surface area (Å²) in [6, 6.07) is 13.5. The van der Waals surface area contributed by atoms with Gasteiger partial charge in [0.1, 0.15) is 5.82 Å². The molecule has 0 aliphatic rings. The number of hydrogen-bond acceptors (Lipinski definition) is 3. The topological polar surface area (TPSA) is 69.9 Å². The summed E-state index contributed by atoms with van der Waals surface area (Å²) in [6.07, 6.45) is 0. The number of nitrogens with two attached hydrogens (primary N) is 2. The van der Waals surface area contributed by atoms with E-state index in [4.69, 9.17) is 11.5 Å². The van der Waals surface area contributed by atoms with Gasteiger partial charge in [-0.2, -0.15) is 0 Å². The fourth-order valence-corrected chi connectivity index (χ4v) is 2.21. The molecule has 0 aliphatic carbocycles. The van der Waals surface area contributed by atoms with Gasteiger partial charge in [-0.25, -0.2) is 4.98 Å². The van der Waals surface area contributed by atoms with Crippen LogP contribution < -0.4 is 11.5 Å². The van der Waals surface area contributed by atoms with Gasteiger partial charge in [0.15, 0.2) is 0 Å². The third-order valence-corrected chi connectivity index (χ3v) is 3.02. The SMILES string of the molecule is Cn1c(-c2cc(N)cc(N)c2)nc2ccccc21. The van der Waals surface area contributed by atoms with Crippen molar-refractivity contribution >= 4 is 22.4 Å². The molecule has 18 heavy (non-hydrogen) atoms. The number of para-hydroxylation sites is 2. The number of nitrogen functional groups attached to an aromatic ring is 2. The number of fused-ring (bicyclic) bond motifs is 1. The maximum atomic E-state index is 5.82. The zero-order chi connectivity index (χ0) is 12.7. The van der Waals surface area contributed by atoms with Crippen LogP contribution in [0.15, 0.2) is 42.5 Å². The molecule has 0 saturated heterocycles. The van der Waals surface area contributed by atoms with Crippen molar-refractivity contribution in [2.24, 2.45) is 7.05 Å². The quantitative estimate of drug-likeness (QED) is 0.639. The minimum atomic E-state index is 0.650. The predicted molar refractivity (Wildman–Crippen MR) is 75.0 cm³/mol. The van der Waals surface area contributed by atoms with E-state index in [-0.39, 0.29) is 0 Å². The number of rotatable bonds is 1. The highest BCUT2D eigenvalue weighted by Crippen LogP contribution is 2.26. The minimum Gasteiger partial charge on any atom is -0.399 e. The van der Waals surface area contributed by atoms with Crippen LogP contribution in [0.5, 0.6) is 0 Å². The molecule has 1 heterocycles. The summed E-state index contributed by atoms with van der Waals surface area (Å²) >= 11 is 0. The molecular weight excluding hydrogens is 224 g/mol. The molecule has 0 radical (unpaired) electrons. The van der Waals surface area contributed by atoms with E-state index >= 15 is 0 Å². The Bertz CT molecular complexity index is 707. The van der Waals surface area contributed by atoms with Gasteiger partial charge in [-0.05, 0) is 30.3 Å². The van der Waals surface area contributed by atoms with E-state index in [2.05, 4.69) is 4.98 Å². The summed E-state index contributed by atoms with van der Waals surface area (Å²) in [7, 11) is 1.99. The van der Waals surface area contributed by atoms with Gasteiger partial charge < -0.3 is 16.0 Å². The largest absolute Gasteiger partial charge is 0.399 e. The second-order valence-electron chi connectivity index (χ2n) is 4.37. The first-order valence-electron chi connectivity index (χ1n) is 5.73. The first kappa shape index (κ1) is 10.7. The van der Waals surface area contributed by atoms with Gasteiger partial charge in [0.05, 0.1) is 11.0 Å². The van der Waals surface area contributed by atoms with Gasteiger partial charge in [0.25, 0.3) is 0 Å². The Morgan fingerprint density at radius 1 is 1.00 bits per heavy atom. The Morgan fingerprint density at radius 3 is 2.33 bits per heavy atom. The lowest BCUT2D eigenvalue weighted by Crippen LogP contribution is -1.96. The summed E-state index contributed by atoms with van der Waals surface area (Å²) in [5.41, 5.74) is 15.9. The second-order valence-corrected chi connectivity index (χ2v) is 4.37. The van der Waals surface area contributed by atoms with Gasteiger partial charge in [0, 0.05) is 24.0 Å². The van der Waals surface area contributed by atoms with Crippen molar-refractivity contribution in [3.05, 3.63) is 42.5 Å². The number of aromatic nitrogens is 2. The number of imidazole rings is 1. The number of anilines is 2.